The van der Waals surface area contributed by atoms with Crippen LogP contribution in [0.4, 0.5) is 0 Å². The number of benzene rings is 1. The van der Waals surface area contributed by atoms with Gasteiger partial charge >= 0.3 is 0 Å². The Kier molecular flexibility index (Phi) is 4.99. The van der Waals surface area contributed by atoms with Crippen LogP contribution in [0.2, 0.25) is 0 Å². The summed E-state index contributed by atoms with van der Waals surface area (Å²) in [5.41, 5.74) is 8.96. The molecular formula is C19H24N4O2. The lowest BCUT2D eigenvalue weighted by atomic mass is 10.0. The molecule has 0 fully saturated rings. The van der Waals surface area contributed by atoms with Gasteiger partial charge in [-0.1, -0.05) is 20.8 Å². The van der Waals surface area contributed by atoms with E-state index in [9.17, 15) is 0 Å². The molecule has 2 aromatic heterocycles. The van der Waals surface area contributed by atoms with Gasteiger partial charge in [-0.05, 0) is 24.8 Å². The van der Waals surface area contributed by atoms with Gasteiger partial charge in [0.05, 0.1) is 36.1 Å². The van der Waals surface area contributed by atoms with Gasteiger partial charge in [0.2, 0.25) is 0 Å². The molecule has 1 aromatic carbocycles. The number of fused-ring (bicyclic) bond motifs is 1. The molecule has 0 saturated heterocycles. The van der Waals surface area contributed by atoms with Crippen LogP contribution in [0.15, 0.2) is 29.1 Å². The maximum atomic E-state index is 6.31. The van der Waals surface area contributed by atoms with Crippen LogP contribution in [0, 0.1) is 5.92 Å². The molecule has 132 valence electrons. The van der Waals surface area contributed by atoms with E-state index in [-0.39, 0.29) is 6.04 Å². The van der Waals surface area contributed by atoms with Crippen molar-refractivity contribution in [3.05, 3.63) is 36.2 Å². The first kappa shape index (κ1) is 17.4. The van der Waals surface area contributed by atoms with E-state index >= 15 is 0 Å². The van der Waals surface area contributed by atoms with Gasteiger partial charge in [0.15, 0.2) is 12.2 Å². The second-order valence-corrected chi connectivity index (χ2v) is 6.55. The van der Waals surface area contributed by atoms with Crippen LogP contribution in [0.25, 0.3) is 22.2 Å². The molecule has 3 rings (SSSR count). The smallest absolute Gasteiger partial charge is 0.181 e. The number of methoxy groups -OCH3 is 1. The summed E-state index contributed by atoms with van der Waals surface area (Å²) < 4.78 is 11.0. The fourth-order valence-electron chi connectivity index (χ4n) is 3.00. The molecule has 1 atom stereocenters. The third-order valence-electron chi connectivity index (χ3n) is 4.20. The van der Waals surface area contributed by atoms with Crippen LogP contribution in [-0.4, -0.2) is 22.1 Å². The van der Waals surface area contributed by atoms with Gasteiger partial charge in [0.1, 0.15) is 11.6 Å². The molecule has 3 aromatic rings. The summed E-state index contributed by atoms with van der Waals surface area (Å²) in [6.07, 6.45) is 4.72. The van der Waals surface area contributed by atoms with Gasteiger partial charge in [0, 0.05) is 11.5 Å². The molecule has 0 saturated carbocycles. The van der Waals surface area contributed by atoms with E-state index in [1.165, 1.54) is 6.39 Å². The van der Waals surface area contributed by atoms with Crippen molar-refractivity contribution >= 4 is 10.9 Å². The molecule has 0 aliphatic carbocycles. The van der Waals surface area contributed by atoms with Gasteiger partial charge in [0.25, 0.3) is 0 Å². The highest BCUT2D eigenvalue weighted by atomic mass is 16.5. The topological polar surface area (TPSA) is 87.1 Å². The third-order valence-corrected chi connectivity index (χ3v) is 4.20. The summed E-state index contributed by atoms with van der Waals surface area (Å²) in [6.45, 7) is 6.38. The zero-order valence-electron chi connectivity index (χ0n) is 15.1. The maximum Gasteiger partial charge on any atom is 0.181 e. The molecule has 0 aliphatic rings. The molecule has 2 N–H and O–H groups in total. The normalized spacial score (nSPS) is 12.7. The van der Waals surface area contributed by atoms with Gasteiger partial charge in [-0.25, -0.2) is 15.0 Å². The monoisotopic (exact) mass is 340 g/mol. The zero-order valence-corrected chi connectivity index (χ0v) is 15.1. The summed E-state index contributed by atoms with van der Waals surface area (Å²) in [5, 5.41) is 0.982. The first-order chi connectivity index (χ1) is 12.0. The Balaban J connectivity index is 2.17. The summed E-state index contributed by atoms with van der Waals surface area (Å²) in [6, 6.07) is 3.75. The molecule has 0 spiro atoms. The molecule has 6 heteroatoms. The molecule has 0 unspecified atom stereocenters. The van der Waals surface area contributed by atoms with Crippen molar-refractivity contribution in [2.24, 2.45) is 11.7 Å². The molecule has 0 amide bonds. The number of hydrogen-bond acceptors (Lipinski definition) is 6. The Morgan fingerprint density at radius 2 is 2.04 bits per heavy atom. The molecule has 25 heavy (non-hydrogen) atoms. The number of aryl methyl sites for hydroxylation is 1. The largest absolute Gasteiger partial charge is 0.496 e. The Morgan fingerprint density at radius 3 is 2.64 bits per heavy atom. The number of aromatic nitrogens is 3. The second kappa shape index (κ2) is 7.19. The van der Waals surface area contributed by atoms with Crippen molar-refractivity contribution in [2.45, 2.75) is 39.7 Å². The highest BCUT2D eigenvalue weighted by Gasteiger charge is 2.18. The minimum Gasteiger partial charge on any atom is -0.496 e. The van der Waals surface area contributed by atoms with Gasteiger partial charge in [-0.3, -0.25) is 0 Å². The van der Waals surface area contributed by atoms with E-state index < -0.39 is 0 Å². The Bertz CT molecular complexity index is 859. The standard InChI is InChI=1S/C19H24N4O2/c1-5-15-12-7-13(18-9-21-10-25-18)17(24-4)8-16(12)23-19(22-15)14(20)6-11(2)3/h7-11,14H,5-6,20H2,1-4H3/t14-/m0/s1. The molecule has 2 heterocycles. The number of oxazole rings is 1. The van der Waals surface area contributed by atoms with Crippen molar-refractivity contribution in [3.8, 4) is 17.1 Å². The lowest BCUT2D eigenvalue weighted by molar-refractivity contribution is 0.415. The number of hydrogen-bond donors (Lipinski definition) is 1. The molecular weight excluding hydrogens is 316 g/mol. The Labute approximate surface area is 147 Å². The van der Waals surface area contributed by atoms with Crippen LogP contribution < -0.4 is 10.5 Å². The quantitative estimate of drug-likeness (QED) is 0.732. The lowest BCUT2D eigenvalue weighted by Crippen LogP contribution is -2.17. The van der Waals surface area contributed by atoms with Crippen molar-refractivity contribution in [1.82, 2.24) is 15.0 Å². The van der Waals surface area contributed by atoms with E-state index in [0.29, 0.717) is 23.3 Å². The second-order valence-electron chi connectivity index (χ2n) is 6.55. The minimum atomic E-state index is -0.172. The van der Waals surface area contributed by atoms with E-state index in [1.54, 1.807) is 13.3 Å². The first-order valence-electron chi connectivity index (χ1n) is 8.56. The van der Waals surface area contributed by atoms with Gasteiger partial charge in [-0.2, -0.15) is 0 Å². The average molecular weight is 340 g/mol. The zero-order chi connectivity index (χ0) is 18.0. The number of nitrogens with zero attached hydrogens (tertiary/aromatic N) is 3. The van der Waals surface area contributed by atoms with Crippen LogP contribution in [0.5, 0.6) is 5.75 Å². The van der Waals surface area contributed by atoms with E-state index in [2.05, 4.69) is 25.8 Å². The van der Waals surface area contributed by atoms with Crippen LogP contribution in [0.3, 0.4) is 0 Å². The Morgan fingerprint density at radius 1 is 1.24 bits per heavy atom. The minimum absolute atomic E-state index is 0.172. The predicted molar refractivity (Wildman–Crippen MR) is 97.3 cm³/mol. The SMILES string of the molecule is CCc1nc([C@@H](N)CC(C)C)nc2cc(OC)c(-c3cnco3)cc12. The lowest BCUT2D eigenvalue weighted by Gasteiger charge is -2.16. The predicted octanol–water partition coefficient (Wildman–Crippen LogP) is 3.90. The van der Waals surface area contributed by atoms with Crippen LogP contribution in [-0.2, 0) is 6.42 Å². The number of ether oxygens (including phenoxy) is 1. The van der Waals surface area contributed by atoms with Crippen LogP contribution >= 0.6 is 0 Å². The molecule has 6 nitrogen and oxygen atoms in total. The van der Waals surface area contributed by atoms with E-state index in [0.717, 1.165) is 35.0 Å². The van der Waals surface area contributed by atoms with Crippen molar-refractivity contribution in [3.63, 3.8) is 0 Å². The molecule has 0 aliphatic heterocycles. The van der Waals surface area contributed by atoms with Crippen molar-refractivity contribution < 1.29 is 9.15 Å². The maximum absolute atomic E-state index is 6.31. The van der Waals surface area contributed by atoms with Crippen molar-refractivity contribution in [1.29, 1.82) is 0 Å². The number of nitrogens with two attached hydrogens (primary N) is 1. The third kappa shape index (κ3) is 3.49. The van der Waals surface area contributed by atoms with Crippen LogP contribution in [0.1, 0.15) is 44.8 Å². The summed E-state index contributed by atoms with van der Waals surface area (Å²) in [5.74, 6) is 2.52. The first-order valence-corrected chi connectivity index (χ1v) is 8.56. The Hall–Kier alpha value is -2.47. The summed E-state index contributed by atoms with van der Waals surface area (Å²) in [7, 11) is 1.63. The fraction of sp³-hybridized carbons (Fsp3) is 0.421. The summed E-state index contributed by atoms with van der Waals surface area (Å²) in [4.78, 5) is 13.4. The molecule has 0 bridgehead atoms. The van der Waals surface area contributed by atoms with Crippen molar-refractivity contribution in [2.75, 3.05) is 7.11 Å². The fourth-order valence-corrected chi connectivity index (χ4v) is 3.00. The highest BCUT2D eigenvalue weighted by Crippen LogP contribution is 2.35. The van der Waals surface area contributed by atoms with Gasteiger partial charge in [-0.15, -0.1) is 0 Å². The van der Waals surface area contributed by atoms with E-state index in [4.69, 9.17) is 24.9 Å². The average Bonchev–Trinajstić information content (AvgIpc) is 3.13. The summed E-state index contributed by atoms with van der Waals surface area (Å²) >= 11 is 0. The number of rotatable bonds is 6. The molecule has 0 radical (unpaired) electrons. The van der Waals surface area contributed by atoms with Gasteiger partial charge < -0.3 is 14.9 Å². The highest BCUT2D eigenvalue weighted by molar-refractivity contribution is 5.88. The van der Waals surface area contributed by atoms with E-state index in [1.807, 2.05) is 12.1 Å².